The molecule has 0 saturated carbocycles. The fourth-order valence-corrected chi connectivity index (χ4v) is 2.00. The van der Waals surface area contributed by atoms with Crippen molar-refractivity contribution < 1.29 is 9.53 Å². The Hall–Kier alpha value is -1.83. The zero-order valence-corrected chi connectivity index (χ0v) is 15.5. The number of hydrogen-bond donors (Lipinski definition) is 0. The molecule has 0 rings (SSSR count). The highest BCUT2D eigenvalue weighted by atomic mass is 16.5. The van der Waals surface area contributed by atoms with Crippen LogP contribution in [0.2, 0.25) is 0 Å². The molecule has 0 atom stereocenters. The average Bonchev–Trinajstić information content (AvgIpc) is 2.60. The predicted octanol–water partition coefficient (Wildman–Crippen LogP) is 6.47. The molecule has 0 aliphatic heterocycles. The van der Waals surface area contributed by atoms with Gasteiger partial charge in [0.05, 0.1) is 7.11 Å². The molecule has 0 heterocycles. The van der Waals surface area contributed by atoms with Crippen LogP contribution in [0.3, 0.4) is 0 Å². The maximum Gasteiger partial charge on any atom is 0.305 e. The first-order valence-electron chi connectivity index (χ1n) is 9.13. The van der Waals surface area contributed by atoms with E-state index in [0.717, 1.165) is 51.4 Å². The van der Waals surface area contributed by atoms with Gasteiger partial charge in [0.25, 0.3) is 0 Å². The van der Waals surface area contributed by atoms with Gasteiger partial charge in [-0.05, 0) is 51.4 Å². The zero-order chi connectivity index (χ0) is 17.7. The van der Waals surface area contributed by atoms with E-state index >= 15 is 0 Å². The number of methoxy groups -OCH3 is 1. The monoisotopic (exact) mass is 330 g/mol. The summed E-state index contributed by atoms with van der Waals surface area (Å²) in [4.78, 5) is 10.9. The largest absolute Gasteiger partial charge is 0.469 e. The molecule has 134 valence electrons. The number of unbranched alkanes of at least 4 members (excludes halogenated alkanes) is 2. The first kappa shape index (κ1) is 22.2. The third-order valence-corrected chi connectivity index (χ3v) is 3.39. The predicted molar refractivity (Wildman–Crippen MR) is 105 cm³/mol. The minimum atomic E-state index is -0.112. The van der Waals surface area contributed by atoms with Gasteiger partial charge in [-0.2, -0.15) is 0 Å². The SMILES string of the molecule is CCC=CCC=CCC=CCC=CCC=CCCCCC(=O)OC. The summed E-state index contributed by atoms with van der Waals surface area (Å²) in [5.41, 5.74) is 0. The van der Waals surface area contributed by atoms with Gasteiger partial charge in [0, 0.05) is 6.42 Å². The Bertz CT molecular complexity index is 425. The summed E-state index contributed by atoms with van der Waals surface area (Å²) in [6.07, 6.45) is 30.7. The van der Waals surface area contributed by atoms with Crippen LogP contribution in [0.4, 0.5) is 0 Å². The second-order valence-corrected chi connectivity index (χ2v) is 5.53. The summed E-state index contributed by atoms with van der Waals surface area (Å²) in [5, 5.41) is 0. The zero-order valence-electron chi connectivity index (χ0n) is 15.5. The highest BCUT2D eigenvalue weighted by molar-refractivity contribution is 5.68. The van der Waals surface area contributed by atoms with Gasteiger partial charge in [0.1, 0.15) is 0 Å². The van der Waals surface area contributed by atoms with Crippen LogP contribution in [0.1, 0.15) is 64.7 Å². The molecule has 0 aliphatic carbocycles. The lowest BCUT2D eigenvalue weighted by molar-refractivity contribution is -0.140. The molecule has 0 aromatic carbocycles. The van der Waals surface area contributed by atoms with Crippen molar-refractivity contribution in [3.8, 4) is 0 Å². The molecule has 0 saturated heterocycles. The van der Waals surface area contributed by atoms with Crippen molar-refractivity contribution in [2.75, 3.05) is 7.11 Å². The maximum atomic E-state index is 10.9. The summed E-state index contributed by atoms with van der Waals surface area (Å²) < 4.78 is 4.61. The van der Waals surface area contributed by atoms with Gasteiger partial charge in [0.2, 0.25) is 0 Å². The second kappa shape index (κ2) is 19.2. The van der Waals surface area contributed by atoms with Gasteiger partial charge in [-0.25, -0.2) is 0 Å². The standard InChI is InChI=1S/C22H34O2/c1-3-4-5-6-7-8-9-10-11-12-13-14-15-16-17-18-19-20-21-22(23)24-2/h4-5,7-8,10-11,13-14,16-17H,3,6,9,12,15,18-21H2,1-2H3. The van der Waals surface area contributed by atoms with Gasteiger partial charge in [-0.1, -0.05) is 67.7 Å². The smallest absolute Gasteiger partial charge is 0.305 e. The number of hydrogen-bond acceptors (Lipinski definition) is 2. The van der Waals surface area contributed by atoms with E-state index in [4.69, 9.17) is 0 Å². The lowest BCUT2D eigenvalue weighted by Crippen LogP contribution is -1.98. The number of allylic oxidation sites excluding steroid dienone is 10. The Labute approximate surface area is 148 Å². The Morgan fingerprint density at radius 1 is 0.708 bits per heavy atom. The van der Waals surface area contributed by atoms with E-state index in [9.17, 15) is 4.79 Å². The summed E-state index contributed by atoms with van der Waals surface area (Å²) in [5.74, 6) is -0.112. The van der Waals surface area contributed by atoms with Crippen molar-refractivity contribution in [3.05, 3.63) is 60.8 Å². The molecule has 0 N–H and O–H groups in total. The number of rotatable bonds is 14. The highest BCUT2D eigenvalue weighted by Crippen LogP contribution is 2.02. The fraction of sp³-hybridized carbons (Fsp3) is 0.500. The topological polar surface area (TPSA) is 26.3 Å². The van der Waals surface area contributed by atoms with Crippen LogP contribution in [-0.2, 0) is 9.53 Å². The minimum Gasteiger partial charge on any atom is -0.469 e. The second-order valence-electron chi connectivity index (χ2n) is 5.53. The summed E-state index contributed by atoms with van der Waals surface area (Å²) in [7, 11) is 1.44. The molecule has 0 aromatic heterocycles. The van der Waals surface area contributed by atoms with Crippen LogP contribution < -0.4 is 0 Å². The molecule has 2 nitrogen and oxygen atoms in total. The van der Waals surface area contributed by atoms with Gasteiger partial charge >= 0.3 is 5.97 Å². The molecule has 0 amide bonds. The van der Waals surface area contributed by atoms with Crippen molar-refractivity contribution in [1.29, 1.82) is 0 Å². The van der Waals surface area contributed by atoms with Crippen LogP contribution in [0.15, 0.2) is 60.8 Å². The molecule has 0 fully saturated rings. The van der Waals surface area contributed by atoms with Crippen molar-refractivity contribution >= 4 is 5.97 Å². The number of carbonyl (C=O) groups excluding carboxylic acids is 1. The fourth-order valence-electron chi connectivity index (χ4n) is 2.00. The minimum absolute atomic E-state index is 0.112. The van der Waals surface area contributed by atoms with E-state index in [-0.39, 0.29) is 5.97 Å². The first-order valence-corrected chi connectivity index (χ1v) is 9.13. The Morgan fingerprint density at radius 3 is 1.62 bits per heavy atom. The number of ether oxygens (including phenoxy) is 1. The van der Waals surface area contributed by atoms with E-state index in [1.165, 1.54) is 7.11 Å². The van der Waals surface area contributed by atoms with E-state index in [2.05, 4.69) is 72.4 Å². The number of esters is 1. The van der Waals surface area contributed by atoms with E-state index in [1.54, 1.807) is 0 Å². The van der Waals surface area contributed by atoms with Crippen LogP contribution in [-0.4, -0.2) is 13.1 Å². The molecular formula is C22H34O2. The van der Waals surface area contributed by atoms with E-state index in [0.29, 0.717) is 6.42 Å². The Balaban J connectivity index is 3.45. The molecule has 0 aliphatic rings. The highest BCUT2D eigenvalue weighted by Gasteiger charge is 1.97. The maximum absolute atomic E-state index is 10.9. The molecule has 2 heteroatoms. The van der Waals surface area contributed by atoms with Crippen molar-refractivity contribution in [2.45, 2.75) is 64.7 Å². The molecular weight excluding hydrogens is 296 g/mol. The average molecular weight is 331 g/mol. The molecule has 0 unspecified atom stereocenters. The normalized spacial score (nSPS) is 12.6. The summed E-state index contributed by atoms with van der Waals surface area (Å²) in [6, 6.07) is 0. The van der Waals surface area contributed by atoms with E-state index < -0.39 is 0 Å². The molecule has 0 aromatic rings. The summed E-state index contributed by atoms with van der Waals surface area (Å²) in [6.45, 7) is 2.15. The molecule has 0 radical (unpaired) electrons. The molecule has 0 spiro atoms. The van der Waals surface area contributed by atoms with Gasteiger partial charge < -0.3 is 4.74 Å². The molecule has 0 bridgehead atoms. The van der Waals surface area contributed by atoms with Gasteiger partial charge in [0.15, 0.2) is 0 Å². The first-order chi connectivity index (χ1) is 11.8. The van der Waals surface area contributed by atoms with Gasteiger partial charge in [-0.15, -0.1) is 0 Å². The Kier molecular flexibility index (Phi) is 17.8. The lowest BCUT2D eigenvalue weighted by atomic mass is 10.2. The van der Waals surface area contributed by atoms with Crippen LogP contribution in [0.25, 0.3) is 0 Å². The van der Waals surface area contributed by atoms with E-state index in [1.807, 2.05) is 0 Å². The Morgan fingerprint density at radius 2 is 1.17 bits per heavy atom. The quantitative estimate of drug-likeness (QED) is 0.207. The number of carbonyl (C=O) groups is 1. The van der Waals surface area contributed by atoms with Gasteiger partial charge in [-0.3, -0.25) is 4.79 Å². The van der Waals surface area contributed by atoms with Crippen LogP contribution >= 0.6 is 0 Å². The van der Waals surface area contributed by atoms with Crippen LogP contribution in [0.5, 0.6) is 0 Å². The third kappa shape index (κ3) is 18.2. The van der Waals surface area contributed by atoms with Crippen molar-refractivity contribution in [3.63, 3.8) is 0 Å². The van der Waals surface area contributed by atoms with Crippen molar-refractivity contribution in [2.24, 2.45) is 0 Å². The lowest BCUT2D eigenvalue weighted by Gasteiger charge is -1.96. The molecule has 24 heavy (non-hydrogen) atoms. The van der Waals surface area contributed by atoms with Crippen LogP contribution in [0, 0.1) is 0 Å². The van der Waals surface area contributed by atoms with Crippen molar-refractivity contribution in [1.82, 2.24) is 0 Å². The third-order valence-electron chi connectivity index (χ3n) is 3.39. The summed E-state index contributed by atoms with van der Waals surface area (Å²) >= 11 is 0.